The molecule has 0 heterocycles. The van der Waals surface area contributed by atoms with Gasteiger partial charge in [-0.05, 0) is 34.3 Å². The predicted molar refractivity (Wildman–Crippen MR) is 74.7 cm³/mol. The predicted octanol–water partition coefficient (Wildman–Crippen LogP) is 4.51. The summed E-state index contributed by atoms with van der Waals surface area (Å²) in [5, 5.41) is 0. The van der Waals surface area contributed by atoms with E-state index < -0.39 is 0 Å². The molecule has 4 aliphatic rings. The lowest BCUT2D eigenvalue weighted by molar-refractivity contribution is 0.831. The van der Waals surface area contributed by atoms with Gasteiger partial charge < -0.3 is 0 Å². The summed E-state index contributed by atoms with van der Waals surface area (Å²) in [5.41, 5.74) is 7.19. The monoisotopic (exact) mass is 282 g/mol. The zero-order valence-corrected chi connectivity index (χ0v) is 10.9. The Kier molecular flexibility index (Phi) is 1.89. The number of hydrogen-bond donors (Lipinski definition) is 0. The summed E-state index contributed by atoms with van der Waals surface area (Å²) in [6.07, 6.45) is 19.0. The molecule has 1 heteroatoms. The Labute approximate surface area is 109 Å². The first-order chi connectivity index (χ1) is 8.34. The van der Waals surface area contributed by atoms with E-state index in [1.165, 1.54) is 32.3 Å². The van der Waals surface area contributed by atoms with Crippen molar-refractivity contribution < 1.29 is 0 Å². The molecule has 0 amide bonds. The van der Waals surface area contributed by atoms with Crippen LogP contribution in [-0.2, 0) is 0 Å². The molecule has 1 unspecified atom stereocenters. The van der Waals surface area contributed by atoms with E-state index in [-0.39, 0.29) is 0 Å². The van der Waals surface area contributed by atoms with Crippen molar-refractivity contribution in [2.75, 3.05) is 0 Å². The summed E-state index contributed by atoms with van der Waals surface area (Å²) in [4.78, 5) is 0. The van der Waals surface area contributed by atoms with Crippen molar-refractivity contribution in [1.82, 2.24) is 0 Å². The fourth-order valence-electron chi connectivity index (χ4n) is 3.06. The first-order valence-electron chi connectivity index (χ1n) is 5.92. The van der Waals surface area contributed by atoms with Crippen molar-refractivity contribution in [3.05, 3.63) is 81.0 Å². The van der Waals surface area contributed by atoms with Gasteiger partial charge in [-0.2, -0.15) is 0 Å². The highest BCUT2D eigenvalue weighted by Crippen LogP contribution is 2.48. The third kappa shape index (κ3) is 1.23. The zero-order valence-electron chi connectivity index (χ0n) is 9.28. The van der Waals surface area contributed by atoms with Crippen molar-refractivity contribution in [2.45, 2.75) is 6.42 Å². The standard InChI is InChI=1S/C16H11Br/c17-14-9-7-12-5-4-10-2-1-3-11-6-8-13(14)16(12)15(10)11/h1-6,8-9,15H,7H2. The molecule has 0 saturated carbocycles. The Morgan fingerprint density at radius 3 is 2.82 bits per heavy atom. The topological polar surface area (TPSA) is 0 Å². The molecule has 4 aliphatic carbocycles. The third-order valence-corrected chi connectivity index (χ3v) is 4.60. The molecule has 17 heavy (non-hydrogen) atoms. The summed E-state index contributed by atoms with van der Waals surface area (Å²) in [5.74, 6) is 0.473. The molecule has 0 radical (unpaired) electrons. The van der Waals surface area contributed by atoms with Crippen LogP contribution in [0.2, 0.25) is 0 Å². The van der Waals surface area contributed by atoms with Crippen LogP contribution in [0, 0.1) is 5.92 Å². The minimum atomic E-state index is 0.473. The van der Waals surface area contributed by atoms with Crippen LogP contribution in [0.3, 0.4) is 0 Å². The highest BCUT2D eigenvalue weighted by atomic mass is 79.9. The van der Waals surface area contributed by atoms with Crippen molar-refractivity contribution in [1.29, 1.82) is 0 Å². The maximum absolute atomic E-state index is 3.69. The summed E-state index contributed by atoms with van der Waals surface area (Å²) in [6.45, 7) is 0. The lowest BCUT2D eigenvalue weighted by Crippen LogP contribution is -2.21. The molecule has 0 aromatic rings. The van der Waals surface area contributed by atoms with E-state index in [0.29, 0.717) is 5.92 Å². The van der Waals surface area contributed by atoms with E-state index >= 15 is 0 Å². The summed E-state index contributed by atoms with van der Waals surface area (Å²) < 4.78 is 1.25. The highest BCUT2D eigenvalue weighted by Gasteiger charge is 2.33. The van der Waals surface area contributed by atoms with Crippen LogP contribution in [0.25, 0.3) is 0 Å². The zero-order chi connectivity index (χ0) is 11.4. The third-order valence-electron chi connectivity index (χ3n) is 3.85. The maximum Gasteiger partial charge on any atom is 0.0349 e. The number of hydrogen-bond acceptors (Lipinski definition) is 0. The van der Waals surface area contributed by atoms with E-state index in [9.17, 15) is 0 Å². The van der Waals surface area contributed by atoms with Crippen molar-refractivity contribution >= 4 is 15.9 Å². The molecular formula is C16H11Br. The van der Waals surface area contributed by atoms with Crippen molar-refractivity contribution in [2.24, 2.45) is 5.92 Å². The molecule has 0 aliphatic heterocycles. The second kappa shape index (κ2) is 3.33. The number of allylic oxidation sites excluding steroid dienone is 14. The van der Waals surface area contributed by atoms with Gasteiger partial charge in [0.2, 0.25) is 0 Å². The van der Waals surface area contributed by atoms with Gasteiger partial charge in [0.25, 0.3) is 0 Å². The molecule has 82 valence electrons. The molecule has 0 aromatic heterocycles. The average molecular weight is 283 g/mol. The molecule has 0 bridgehead atoms. The SMILES string of the molecule is BrC1=CCC2=CC=C3C=CC=C4C=CC1=C2C43. The molecule has 4 rings (SSSR count). The van der Waals surface area contributed by atoms with Crippen LogP contribution in [0.5, 0.6) is 0 Å². The summed E-state index contributed by atoms with van der Waals surface area (Å²) >= 11 is 3.69. The van der Waals surface area contributed by atoms with Crippen LogP contribution in [0.1, 0.15) is 6.42 Å². The molecule has 0 nitrogen and oxygen atoms in total. The van der Waals surface area contributed by atoms with Crippen LogP contribution >= 0.6 is 15.9 Å². The van der Waals surface area contributed by atoms with Crippen LogP contribution in [0.15, 0.2) is 81.0 Å². The number of halogens is 1. The highest BCUT2D eigenvalue weighted by molar-refractivity contribution is 9.12. The maximum atomic E-state index is 3.69. The van der Waals surface area contributed by atoms with Gasteiger partial charge in [-0.25, -0.2) is 0 Å². The Bertz CT molecular complexity index is 630. The van der Waals surface area contributed by atoms with Crippen LogP contribution in [-0.4, -0.2) is 0 Å². The van der Waals surface area contributed by atoms with Gasteiger partial charge in [0.15, 0.2) is 0 Å². The first kappa shape index (κ1) is 9.67. The quantitative estimate of drug-likeness (QED) is 0.613. The lowest BCUT2D eigenvalue weighted by Gasteiger charge is -2.35. The minimum absolute atomic E-state index is 0.473. The average Bonchev–Trinajstić information content (AvgIpc) is 2.38. The Morgan fingerprint density at radius 1 is 1.00 bits per heavy atom. The van der Waals surface area contributed by atoms with E-state index in [1.807, 2.05) is 0 Å². The van der Waals surface area contributed by atoms with Gasteiger partial charge >= 0.3 is 0 Å². The van der Waals surface area contributed by atoms with Crippen molar-refractivity contribution in [3.63, 3.8) is 0 Å². The molecule has 0 N–H and O–H groups in total. The Morgan fingerprint density at radius 2 is 1.88 bits per heavy atom. The van der Waals surface area contributed by atoms with E-state index in [1.54, 1.807) is 0 Å². The second-order valence-electron chi connectivity index (χ2n) is 4.73. The minimum Gasteiger partial charge on any atom is -0.0652 e. The number of rotatable bonds is 0. The molecule has 0 saturated heterocycles. The van der Waals surface area contributed by atoms with Gasteiger partial charge in [0.1, 0.15) is 0 Å². The van der Waals surface area contributed by atoms with Gasteiger partial charge in [0.05, 0.1) is 0 Å². The molecule has 1 atom stereocenters. The fourth-order valence-corrected chi connectivity index (χ4v) is 3.57. The normalized spacial score (nSPS) is 28.2. The fraction of sp³-hybridized carbons (Fsp3) is 0.125. The molecule has 0 fully saturated rings. The van der Waals surface area contributed by atoms with Crippen LogP contribution < -0.4 is 0 Å². The van der Waals surface area contributed by atoms with E-state index in [2.05, 4.69) is 64.5 Å². The molecular weight excluding hydrogens is 272 g/mol. The van der Waals surface area contributed by atoms with Crippen LogP contribution in [0.4, 0.5) is 0 Å². The molecule has 0 aromatic carbocycles. The first-order valence-corrected chi connectivity index (χ1v) is 6.71. The van der Waals surface area contributed by atoms with E-state index in [4.69, 9.17) is 0 Å². The largest absolute Gasteiger partial charge is 0.0652 e. The van der Waals surface area contributed by atoms with Gasteiger partial charge in [-0.3, -0.25) is 0 Å². The lowest BCUT2D eigenvalue weighted by atomic mass is 9.69. The Balaban J connectivity index is 2.04. The summed E-state index contributed by atoms with van der Waals surface area (Å²) in [6, 6.07) is 0. The second-order valence-corrected chi connectivity index (χ2v) is 5.59. The smallest absolute Gasteiger partial charge is 0.0349 e. The van der Waals surface area contributed by atoms with Crippen molar-refractivity contribution in [3.8, 4) is 0 Å². The van der Waals surface area contributed by atoms with Gasteiger partial charge in [-0.1, -0.05) is 64.5 Å². The molecule has 0 spiro atoms. The van der Waals surface area contributed by atoms with Gasteiger partial charge in [0, 0.05) is 10.4 Å². The van der Waals surface area contributed by atoms with E-state index in [0.717, 1.165) is 6.42 Å². The Hall–Kier alpha value is -1.34. The summed E-state index contributed by atoms with van der Waals surface area (Å²) in [7, 11) is 0. The van der Waals surface area contributed by atoms with Gasteiger partial charge in [-0.15, -0.1) is 0 Å².